The van der Waals surface area contributed by atoms with E-state index < -0.39 is 0 Å². The molecule has 0 aliphatic heterocycles. The van der Waals surface area contributed by atoms with Crippen LogP contribution in [0.1, 0.15) is 13.3 Å². The summed E-state index contributed by atoms with van der Waals surface area (Å²) in [6, 6.07) is 0. The Morgan fingerprint density at radius 3 is 2.31 bits per heavy atom. The molecule has 5 heteroatoms. The highest BCUT2D eigenvalue weighted by Gasteiger charge is 2.07. The highest BCUT2D eigenvalue weighted by Crippen LogP contribution is 1.87. The van der Waals surface area contributed by atoms with Crippen LogP contribution in [0.25, 0.3) is 0 Å². The Morgan fingerprint density at radius 2 is 1.92 bits per heavy atom. The van der Waals surface area contributed by atoms with Crippen molar-refractivity contribution in [2.75, 3.05) is 34.3 Å². The molecule has 4 nitrogen and oxygen atoms in total. The average Bonchev–Trinajstić information content (AvgIpc) is 1.84. The van der Waals surface area contributed by atoms with Gasteiger partial charge in [-0.1, -0.05) is 0 Å². The molecule has 0 saturated carbocycles. The quantitative estimate of drug-likeness (QED) is 0.302. The van der Waals surface area contributed by atoms with Crippen molar-refractivity contribution >= 4 is 5.97 Å². The molecule has 0 aromatic heterocycles. The lowest BCUT2D eigenvalue weighted by Gasteiger charge is -2.23. The van der Waals surface area contributed by atoms with E-state index in [0.29, 0.717) is 24.2 Å². The molecule has 0 fully saturated rings. The summed E-state index contributed by atoms with van der Waals surface area (Å²) < 4.78 is 5.42. The third-order valence-electron chi connectivity index (χ3n) is 1.22. The summed E-state index contributed by atoms with van der Waals surface area (Å²) >= 11 is 0. The van der Waals surface area contributed by atoms with Crippen LogP contribution in [0.5, 0.6) is 0 Å². The molecule has 0 rings (SSSR count). The lowest BCUT2D eigenvalue weighted by atomic mass is 10.4. The number of hydrogen-bond donors (Lipinski definition) is 1. The van der Waals surface area contributed by atoms with Crippen LogP contribution in [0, 0.1) is 0 Å². The number of nitrogens with zero attached hydrogens (tertiary/aromatic N) is 1. The normalized spacial score (nSPS) is 10.5. The van der Waals surface area contributed by atoms with Crippen LogP contribution in [0.3, 0.4) is 0 Å². The molecule has 0 bridgehead atoms. The van der Waals surface area contributed by atoms with E-state index in [9.17, 15) is 4.79 Å². The van der Waals surface area contributed by atoms with Crippen LogP contribution in [-0.2, 0) is 9.53 Å². The minimum absolute atomic E-state index is 0. The van der Waals surface area contributed by atoms with Gasteiger partial charge in [-0.05, 0) is 6.92 Å². The molecule has 0 aliphatic carbocycles. The molecule has 0 aliphatic rings. The summed E-state index contributed by atoms with van der Waals surface area (Å²) in [6.45, 7) is 2.93. The summed E-state index contributed by atoms with van der Waals surface area (Å²) in [5.41, 5.74) is 3.15. The van der Waals surface area contributed by atoms with Crippen molar-refractivity contribution in [2.45, 2.75) is 13.3 Å². The van der Waals surface area contributed by atoms with Gasteiger partial charge in [-0.2, -0.15) is 5.43 Å². The van der Waals surface area contributed by atoms with Crippen LogP contribution < -0.4 is 17.8 Å². The lowest BCUT2D eigenvalue weighted by Crippen LogP contribution is -3.00. The second-order valence-electron chi connectivity index (χ2n) is 3.48. The Hall–Kier alpha value is -0.320. The Bertz CT molecular complexity index is 146. The number of ether oxygens (including phenoxy) is 1. The summed E-state index contributed by atoms with van der Waals surface area (Å²) in [6.07, 6.45) is 0.434. The largest absolute Gasteiger partial charge is 1.00 e. The topological polar surface area (TPSA) is 38.3 Å². The maximum absolute atomic E-state index is 10.9. The number of quaternary nitrogens is 1. The van der Waals surface area contributed by atoms with E-state index >= 15 is 0 Å². The van der Waals surface area contributed by atoms with Gasteiger partial charge in [0.05, 0.1) is 40.7 Å². The first-order valence-electron chi connectivity index (χ1n) is 4.18. The highest BCUT2D eigenvalue weighted by atomic mass is 35.5. The second-order valence-corrected chi connectivity index (χ2v) is 3.48. The van der Waals surface area contributed by atoms with Crippen molar-refractivity contribution in [1.82, 2.24) is 5.43 Å². The van der Waals surface area contributed by atoms with Crippen LogP contribution in [0.2, 0.25) is 0 Å². The first-order valence-corrected chi connectivity index (χ1v) is 4.18. The van der Waals surface area contributed by atoms with E-state index in [-0.39, 0.29) is 18.4 Å². The zero-order valence-electron chi connectivity index (χ0n) is 8.76. The molecule has 0 saturated heterocycles. The Balaban J connectivity index is 0. The van der Waals surface area contributed by atoms with Crippen LogP contribution in [-0.4, -0.2) is 44.9 Å². The van der Waals surface area contributed by atoms with E-state index in [1.807, 2.05) is 28.1 Å². The van der Waals surface area contributed by atoms with Crippen LogP contribution >= 0.6 is 0 Å². The van der Waals surface area contributed by atoms with Gasteiger partial charge in [0.25, 0.3) is 0 Å². The standard InChI is InChI=1S/C8H19N2O2.ClH/c1-5-12-8(11)6-7-9-10(2,3)4;/h9H,5-7H2,1-4H3;1H/q+1;/p-1. The van der Waals surface area contributed by atoms with Gasteiger partial charge in [0.2, 0.25) is 0 Å². The number of esters is 1. The van der Waals surface area contributed by atoms with Crippen molar-refractivity contribution in [3.05, 3.63) is 0 Å². The fourth-order valence-corrected chi connectivity index (χ4v) is 0.727. The minimum Gasteiger partial charge on any atom is -1.00 e. The second kappa shape index (κ2) is 7.12. The third kappa shape index (κ3) is 11.7. The zero-order chi connectivity index (χ0) is 9.61. The molecular formula is C8H19ClN2O2. The van der Waals surface area contributed by atoms with Gasteiger partial charge >= 0.3 is 5.97 Å². The SMILES string of the molecule is CCOC(=O)CCN[N+](C)(C)C.[Cl-]. The lowest BCUT2D eigenvalue weighted by molar-refractivity contribution is -0.915. The summed E-state index contributed by atoms with van der Waals surface area (Å²) in [5, 5.41) is 0. The van der Waals surface area contributed by atoms with Gasteiger partial charge in [0.15, 0.2) is 0 Å². The van der Waals surface area contributed by atoms with Crippen molar-refractivity contribution in [1.29, 1.82) is 0 Å². The molecule has 0 spiro atoms. The minimum atomic E-state index is -0.140. The number of halogens is 1. The van der Waals surface area contributed by atoms with Crippen molar-refractivity contribution in [2.24, 2.45) is 0 Å². The Kier molecular flexibility index (Phi) is 8.30. The molecule has 0 unspecified atom stereocenters. The summed E-state index contributed by atoms with van der Waals surface area (Å²) in [5.74, 6) is -0.140. The Labute approximate surface area is 86.2 Å². The molecule has 0 atom stereocenters. The number of rotatable bonds is 5. The van der Waals surface area contributed by atoms with Crippen molar-refractivity contribution < 1.29 is 26.5 Å². The maximum Gasteiger partial charge on any atom is 0.307 e. The molecule has 80 valence electrons. The summed E-state index contributed by atoms with van der Waals surface area (Å²) in [7, 11) is 6.02. The molecule has 1 N–H and O–H groups in total. The fourth-order valence-electron chi connectivity index (χ4n) is 0.727. The van der Waals surface area contributed by atoms with E-state index in [0.717, 1.165) is 0 Å². The van der Waals surface area contributed by atoms with Gasteiger partial charge < -0.3 is 17.1 Å². The predicted octanol–water partition coefficient (Wildman–Crippen LogP) is -2.85. The Morgan fingerprint density at radius 1 is 1.38 bits per heavy atom. The van der Waals surface area contributed by atoms with E-state index in [4.69, 9.17) is 4.74 Å². The van der Waals surface area contributed by atoms with Crippen molar-refractivity contribution in [3.8, 4) is 0 Å². The molecule has 0 amide bonds. The zero-order valence-corrected chi connectivity index (χ0v) is 9.52. The van der Waals surface area contributed by atoms with Gasteiger partial charge in [0.1, 0.15) is 0 Å². The van der Waals surface area contributed by atoms with Crippen LogP contribution in [0.15, 0.2) is 0 Å². The molecule has 0 heterocycles. The number of hydrogen-bond acceptors (Lipinski definition) is 3. The predicted molar refractivity (Wildman–Crippen MR) is 47.3 cm³/mol. The smallest absolute Gasteiger partial charge is 0.307 e. The highest BCUT2D eigenvalue weighted by molar-refractivity contribution is 5.69. The molecule has 13 heavy (non-hydrogen) atoms. The molecule has 0 aromatic carbocycles. The monoisotopic (exact) mass is 210 g/mol. The first kappa shape index (κ1) is 15.2. The third-order valence-corrected chi connectivity index (χ3v) is 1.22. The molecule has 0 radical (unpaired) electrons. The van der Waals surface area contributed by atoms with E-state index in [1.54, 1.807) is 0 Å². The van der Waals surface area contributed by atoms with E-state index in [1.165, 1.54) is 0 Å². The number of carbonyl (C=O) groups is 1. The average molecular weight is 211 g/mol. The maximum atomic E-state index is 10.9. The molecule has 0 aromatic rings. The van der Waals surface area contributed by atoms with Crippen LogP contribution in [0.4, 0.5) is 0 Å². The van der Waals surface area contributed by atoms with Gasteiger partial charge in [-0.25, -0.2) is 0 Å². The first-order chi connectivity index (χ1) is 5.45. The van der Waals surface area contributed by atoms with Gasteiger partial charge in [-0.15, -0.1) is 0 Å². The number of carbonyl (C=O) groups excluding carboxylic acids is 1. The fraction of sp³-hybridized carbons (Fsp3) is 0.875. The van der Waals surface area contributed by atoms with E-state index in [2.05, 4.69) is 5.43 Å². The molecular weight excluding hydrogens is 192 g/mol. The number of nitrogens with one attached hydrogen (secondary N) is 1. The van der Waals surface area contributed by atoms with Gasteiger partial charge in [-0.3, -0.25) is 9.39 Å². The van der Waals surface area contributed by atoms with Crippen molar-refractivity contribution in [3.63, 3.8) is 0 Å². The van der Waals surface area contributed by atoms with Gasteiger partial charge in [0, 0.05) is 0 Å². The summed E-state index contributed by atoms with van der Waals surface area (Å²) in [4.78, 5) is 10.9.